The minimum absolute atomic E-state index is 0.0121. The van der Waals surface area contributed by atoms with E-state index in [1.54, 1.807) is 0 Å². The van der Waals surface area contributed by atoms with Crippen LogP contribution in [0.1, 0.15) is 60.8 Å². The molecule has 0 radical (unpaired) electrons. The third-order valence-corrected chi connectivity index (χ3v) is 3.85. The average molecular weight is 280 g/mol. The van der Waals surface area contributed by atoms with Gasteiger partial charge in [-0.05, 0) is 28.9 Å². The molecule has 0 fully saturated rings. The van der Waals surface area contributed by atoms with E-state index in [1.165, 1.54) is 5.57 Å². The summed E-state index contributed by atoms with van der Waals surface area (Å²) in [5.74, 6) is -0.865. The third-order valence-electron chi connectivity index (χ3n) is 3.85. The zero-order valence-electron chi connectivity index (χ0n) is 13.6. The van der Waals surface area contributed by atoms with Gasteiger partial charge in [0.15, 0.2) is 0 Å². The first-order valence-corrected chi connectivity index (χ1v) is 7.22. The van der Waals surface area contributed by atoms with Crippen LogP contribution in [0, 0.1) is 10.8 Å². The van der Waals surface area contributed by atoms with E-state index in [2.05, 4.69) is 47.6 Å². The summed E-state index contributed by atoms with van der Waals surface area (Å²) in [7, 11) is 0. The van der Waals surface area contributed by atoms with Gasteiger partial charge in [0.05, 0.1) is 5.60 Å². The molecule has 3 heteroatoms. The van der Waals surface area contributed by atoms with Crippen molar-refractivity contribution in [1.29, 1.82) is 0 Å². The van der Waals surface area contributed by atoms with E-state index in [9.17, 15) is 9.90 Å². The van der Waals surface area contributed by atoms with E-state index in [-0.39, 0.29) is 23.7 Å². The molecule has 0 aliphatic heterocycles. The number of carboxylic acids is 1. The fraction of sp³-hybridized carbons (Fsp3) is 0.706. The normalized spacial score (nSPS) is 24.1. The van der Waals surface area contributed by atoms with Crippen LogP contribution < -0.4 is 0 Å². The Bertz CT molecular complexity index is 444. The van der Waals surface area contributed by atoms with Gasteiger partial charge in [-0.25, -0.2) is 0 Å². The zero-order chi connectivity index (χ0) is 15.8. The van der Waals surface area contributed by atoms with Gasteiger partial charge in [-0.3, -0.25) is 4.79 Å². The largest absolute Gasteiger partial charge is 0.481 e. The van der Waals surface area contributed by atoms with Gasteiger partial charge in [-0.15, -0.1) is 0 Å². The lowest BCUT2D eigenvalue weighted by Crippen LogP contribution is -2.34. The van der Waals surface area contributed by atoms with Crippen LogP contribution >= 0.6 is 0 Å². The number of hydrogen-bond acceptors (Lipinski definition) is 2. The van der Waals surface area contributed by atoms with E-state index < -0.39 is 11.6 Å². The van der Waals surface area contributed by atoms with Crippen molar-refractivity contribution in [1.82, 2.24) is 0 Å². The molecule has 20 heavy (non-hydrogen) atoms. The molecule has 0 amide bonds. The van der Waals surface area contributed by atoms with Crippen LogP contribution in [-0.4, -0.2) is 21.8 Å². The second-order valence-corrected chi connectivity index (χ2v) is 7.94. The fourth-order valence-corrected chi connectivity index (χ4v) is 2.35. The predicted octanol–water partition coefficient (Wildman–Crippen LogP) is 3.93. The Morgan fingerprint density at radius 3 is 2.15 bits per heavy atom. The number of carbonyl (C=O) groups is 1. The molecule has 3 nitrogen and oxygen atoms in total. The molecule has 0 bridgehead atoms. The summed E-state index contributed by atoms with van der Waals surface area (Å²) in [4.78, 5) is 10.8. The Kier molecular flexibility index (Phi) is 4.55. The molecular weight excluding hydrogens is 252 g/mol. The number of rotatable bonds is 3. The second-order valence-electron chi connectivity index (χ2n) is 7.94. The molecule has 0 saturated carbocycles. The first-order chi connectivity index (χ1) is 8.83. The topological polar surface area (TPSA) is 57.5 Å². The van der Waals surface area contributed by atoms with Crippen molar-refractivity contribution in [3.05, 3.63) is 23.3 Å². The number of aliphatic hydroxyl groups is 1. The summed E-state index contributed by atoms with van der Waals surface area (Å²) in [5.41, 5.74) is 1.13. The molecule has 1 atom stereocenters. The summed E-state index contributed by atoms with van der Waals surface area (Å²) < 4.78 is 0. The standard InChI is InChI=1S/C17H28O3/c1-15(2,3)12-9-13(16(4,5)6)11-17(20,10-12)8-7-14(18)19/h9-10,20H,7-8,11H2,1-6H3,(H,18,19). The molecule has 0 aromatic carbocycles. The van der Waals surface area contributed by atoms with E-state index in [1.807, 2.05) is 6.08 Å². The van der Waals surface area contributed by atoms with Crippen molar-refractivity contribution in [2.75, 3.05) is 0 Å². The molecule has 1 aliphatic carbocycles. The Labute approximate surface area is 122 Å². The van der Waals surface area contributed by atoms with E-state index in [0.717, 1.165) is 5.57 Å². The molecule has 1 rings (SSSR count). The van der Waals surface area contributed by atoms with Crippen LogP contribution in [0.5, 0.6) is 0 Å². The Morgan fingerprint density at radius 1 is 1.20 bits per heavy atom. The SMILES string of the molecule is CC(C)(C)C1=CC(O)(CCC(=O)O)CC(C(C)(C)C)=C1. The first-order valence-electron chi connectivity index (χ1n) is 7.22. The molecule has 114 valence electrons. The van der Waals surface area contributed by atoms with Crippen LogP contribution in [0.15, 0.2) is 23.3 Å². The van der Waals surface area contributed by atoms with Crippen molar-refractivity contribution in [2.24, 2.45) is 10.8 Å². The minimum Gasteiger partial charge on any atom is -0.481 e. The number of hydrogen-bond donors (Lipinski definition) is 2. The van der Waals surface area contributed by atoms with Crippen molar-refractivity contribution in [3.8, 4) is 0 Å². The van der Waals surface area contributed by atoms with E-state index in [0.29, 0.717) is 6.42 Å². The minimum atomic E-state index is -1.04. The van der Waals surface area contributed by atoms with Gasteiger partial charge in [-0.2, -0.15) is 0 Å². The van der Waals surface area contributed by atoms with Gasteiger partial charge in [0.2, 0.25) is 0 Å². The zero-order valence-corrected chi connectivity index (χ0v) is 13.6. The predicted molar refractivity (Wildman–Crippen MR) is 81.5 cm³/mol. The van der Waals surface area contributed by atoms with Gasteiger partial charge in [-0.1, -0.05) is 53.2 Å². The Balaban J connectivity index is 3.15. The maximum Gasteiger partial charge on any atom is 0.303 e. The van der Waals surface area contributed by atoms with Gasteiger partial charge < -0.3 is 10.2 Å². The lowest BCUT2D eigenvalue weighted by Gasteiger charge is -2.38. The van der Waals surface area contributed by atoms with Crippen molar-refractivity contribution < 1.29 is 15.0 Å². The quantitative estimate of drug-likeness (QED) is 0.823. The highest BCUT2D eigenvalue weighted by atomic mass is 16.4. The second kappa shape index (κ2) is 5.36. The number of allylic oxidation sites excluding steroid dienone is 2. The Morgan fingerprint density at radius 2 is 1.75 bits per heavy atom. The molecular formula is C17H28O3. The Hall–Kier alpha value is -1.09. The molecule has 1 aliphatic rings. The first kappa shape index (κ1) is 17.0. The highest BCUT2D eigenvalue weighted by Gasteiger charge is 2.35. The van der Waals surface area contributed by atoms with Crippen molar-refractivity contribution >= 4 is 5.97 Å². The molecule has 0 saturated heterocycles. The monoisotopic (exact) mass is 280 g/mol. The van der Waals surface area contributed by atoms with Crippen molar-refractivity contribution in [2.45, 2.75) is 66.4 Å². The highest BCUT2D eigenvalue weighted by Crippen LogP contribution is 2.43. The van der Waals surface area contributed by atoms with Crippen LogP contribution in [0.25, 0.3) is 0 Å². The highest BCUT2D eigenvalue weighted by molar-refractivity contribution is 5.66. The summed E-state index contributed by atoms with van der Waals surface area (Å²) >= 11 is 0. The average Bonchev–Trinajstić information content (AvgIpc) is 2.23. The summed E-state index contributed by atoms with van der Waals surface area (Å²) in [5, 5.41) is 19.7. The molecule has 0 spiro atoms. The van der Waals surface area contributed by atoms with Gasteiger partial charge in [0.1, 0.15) is 0 Å². The lowest BCUT2D eigenvalue weighted by molar-refractivity contribution is -0.138. The van der Waals surface area contributed by atoms with Crippen LogP contribution in [-0.2, 0) is 4.79 Å². The summed E-state index contributed by atoms with van der Waals surface area (Å²) in [6.07, 6.45) is 4.81. The van der Waals surface area contributed by atoms with Gasteiger partial charge in [0, 0.05) is 12.8 Å². The molecule has 0 aromatic heterocycles. The summed E-state index contributed by atoms with van der Waals surface area (Å²) in [6.45, 7) is 12.7. The van der Waals surface area contributed by atoms with Crippen LogP contribution in [0.3, 0.4) is 0 Å². The maximum atomic E-state index is 10.8. The molecule has 1 unspecified atom stereocenters. The molecule has 0 heterocycles. The van der Waals surface area contributed by atoms with Crippen molar-refractivity contribution in [3.63, 3.8) is 0 Å². The van der Waals surface area contributed by atoms with Gasteiger partial charge in [0.25, 0.3) is 0 Å². The molecule has 2 N–H and O–H groups in total. The van der Waals surface area contributed by atoms with E-state index in [4.69, 9.17) is 5.11 Å². The van der Waals surface area contributed by atoms with Crippen LogP contribution in [0.4, 0.5) is 0 Å². The third kappa shape index (κ3) is 4.48. The van der Waals surface area contributed by atoms with Gasteiger partial charge >= 0.3 is 5.97 Å². The van der Waals surface area contributed by atoms with E-state index >= 15 is 0 Å². The maximum absolute atomic E-state index is 10.8. The molecule has 0 aromatic rings. The smallest absolute Gasteiger partial charge is 0.303 e. The lowest BCUT2D eigenvalue weighted by atomic mass is 9.70. The number of carboxylic acid groups (broad SMARTS) is 1. The van der Waals surface area contributed by atoms with Crippen LogP contribution in [0.2, 0.25) is 0 Å². The summed E-state index contributed by atoms with van der Waals surface area (Å²) in [6, 6.07) is 0. The number of aliphatic carboxylic acids is 1. The fourth-order valence-electron chi connectivity index (χ4n) is 2.35.